The lowest BCUT2D eigenvalue weighted by molar-refractivity contribution is -0.121. The van der Waals surface area contributed by atoms with Crippen LogP contribution in [0.25, 0.3) is 0 Å². The fraction of sp³-hybridized carbons (Fsp3) is 0.263. The van der Waals surface area contributed by atoms with Gasteiger partial charge in [0.05, 0.1) is 17.2 Å². The van der Waals surface area contributed by atoms with Crippen LogP contribution in [0.3, 0.4) is 0 Å². The molecule has 1 aliphatic rings. The third kappa shape index (κ3) is 4.09. The number of carbonyl (C=O) groups excluding carboxylic acids is 2. The van der Waals surface area contributed by atoms with Gasteiger partial charge in [-0.05, 0) is 43.2 Å². The largest absolute Gasteiger partial charge is 0.338 e. The molecule has 0 radical (unpaired) electrons. The SMILES string of the molecule is O=C(Nc1ccc(Br)cc1F)[C@H]1CCCN(C(=O)c2ccccc2F)C1. The van der Waals surface area contributed by atoms with Crippen LogP contribution in [0, 0.1) is 17.6 Å². The molecular formula is C19H17BrF2N2O2. The number of rotatable bonds is 3. The van der Waals surface area contributed by atoms with Crippen LogP contribution in [-0.2, 0) is 4.79 Å². The van der Waals surface area contributed by atoms with E-state index in [4.69, 9.17) is 0 Å². The van der Waals surface area contributed by atoms with Crippen LogP contribution in [-0.4, -0.2) is 29.8 Å². The summed E-state index contributed by atoms with van der Waals surface area (Å²) in [7, 11) is 0. The van der Waals surface area contributed by atoms with Gasteiger partial charge in [0, 0.05) is 17.6 Å². The van der Waals surface area contributed by atoms with Gasteiger partial charge >= 0.3 is 0 Å². The van der Waals surface area contributed by atoms with Gasteiger partial charge in [0.1, 0.15) is 11.6 Å². The smallest absolute Gasteiger partial charge is 0.256 e. The van der Waals surface area contributed by atoms with Crippen LogP contribution in [0.1, 0.15) is 23.2 Å². The summed E-state index contributed by atoms with van der Waals surface area (Å²) in [4.78, 5) is 26.5. The lowest BCUT2D eigenvalue weighted by Gasteiger charge is -2.32. The molecule has 26 heavy (non-hydrogen) atoms. The summed E-state index contributed by atoms with van der Waals surface area (Å²) in [6.07, 6.45) is 1.21. The highest BCUT2D eigenvalue weighted by Gasteiger charge is 2.30. The van der Waals surface area contributed by atoms with Gasteiger partial charge in [0.25, 0.3) is 5.91 Å². The molecule has 7 heteroatoms. The molecule has 3 rings (SSSR count). The average Bonchev–Trinajstić information content (AvgIpc) is 2.64. The summed E-state index contributed by atoms with van der Waals surface area (Å²) in [5.74, 6) is -2.38. The van der Waals surface area contributed by atoms with Crippen LogP contribution >= 0.6 is 15.9 Å². The fourth-order valence-corrected chi connectivity index (χ4v) is 3.34. The number of amides is 2. The minimum absolute atomic E-state index is 0.00693. The van der Waals surface area contributed by atoms with E-state index in [1.807, 2.05) is 0 Å². The Morgan fingerprint density at radius 3 is 2.62 bits per heavy atom. The molecule has 1 aliphatic heterocycles. The molecule has 2 aromatic carbocycles. The summed E-state index contributed by atoms with van der Waals surface area (Å²) < 4.78 is 28.3. The van der Waals surface area contributed by atoms with Gasteiger partial charge in [-0.3, -0.25) is 9.59 Å². The van der Waals surface area contributed by atoms with Gasteiger partial charge in [-0.25, -0.2) is 8.78 Å². The number of nitrogens with zero attached hydrogens (tertiary/aromatic N) is 1. The van der Waals surface area contributed by atoms with E-state index in [1.54, 1.807) is 12.1 Å². The molecule has 2 aromatic rings. The summed E-state index contributed by atoms with van der Waals surface area (Å²) in [5.41, 5.74) is 0.0864. The first-order valence-electron chi connectivity index (χ1n) is 8.25. The van der Waals surface area contributed by atoms with Crippen LogP contribution < -0.4 is 5.32 Å². The zero-order chi connectivity index (χ0) is 18.7. The van der Waals surface area contributed by atoms with Crippen molar-refractivity contribution < 1.29 is 18.4 Å². The highest BCUT2D eigenvalue weighted by molar-refractivity contribution is 9.10. The van der Waals surface area contributed by atoms with Crippen molar-refractivity contribution in [3.8, 4) is 0 Å². The molecule has 1 atom stereocenters. The number of hydrogen-bond acceptors (Lipinski definition) is 2. The highest BCUT2D eigenvalue weighted by Crippen LogP contribution is 2.23. The average molecular weight is 423 g/mol. The van der Waals surface area contributed by atoms with Crippen LogP contribution in [0.15, 0.2) is 46.9 Å². The van der Waals surface area contributed by atoms with E-state index in [2.05, 4.69) is 21.2 Å². The Bertz CT molecular complexity index is 844. The highest BCUT2D eigenvalue weighted by atomic mass is 79.9. The Morgan fingerprint density at radius 1 is 1.12 bits per heavy atom. The summed E-state index contributed by atoms with van der Waals surface area (Å²) in [6.45, 7) is 0.640. The molecule has 1 N–H and O–H groups in total. The van der Waals surface area contributed by atoms with E-state index in [0.29, 0.717) is 23.9 Å². The summed E-state index contributed by atoms with van der Waals surface area (Å²) in [6, 6.07) is 10.2. The van der Waals surface area contributed by atoms with Crippen molar-refractivity contribution in [1.29, 1.82) is 0 Å². The molecule has 0 spiro atoms. The minimum Gasteiger partial charge on any atom is -0.338 e. The van der Waals surface area contributed by atoms with Crippen molar-refractivity contribution >= 4 is 33.4 Å². The molecule has 1 saturated heterocycles. The zero-order valence-electron chi connectivity index (χ0n) is 13.8. The van der Waals surface area contributed by atoms with Crippen molar-refractivity contribution in [2.24, 2.45) is 5.92 Å². The lowest BCUT2D eigenvalue weighted by atomic mass is 9.96. The Morgan fingerprint density at radius 2 is 1.88 bits per heavy atom. The number of anilines is 1. The number of hydrogen-bond donors (Lipinski definition) is 1. The number of halogens is 3. The molecule has 4 nitrogen and oxygen atoms in total. The third-order valence-electron chi connectivity index (χ3n) is 4.37. The van der Waals surface area contributed by atoms with E-state index in [-0.39, 0.29) is 23.7 Å². The van der Waals surface area contributed by atoms with Crippen LogP contribution in [0.4, 0.5) is 14.5 Å². The Hall–Kier alpha value is -2.28. The van der Waals surface area contributed by atoms with Gasteiger partial charge in [0.2, 0.25) is 5.91 Å². The molecule has 136 valence electrons. The van der Waals surface area contributed by atoms with E-state index in [9.17, 15) is 18.4 Å². The number of likely N-dealkylation sites (tertiary alicyclic amines) is 1. The Labute approximate surface area is 158 Å². The maximum atomic E-state index is 13.9. The minimum atomic E-state index is -0.582. The summed E-state index contributed by atoms with van der Waals surface area (Å²) in [5, 5.41) is 2.57. The second-order valence-corrected chi connectivity index (χ2v) is 7.10. The van der Waals surface area contributed by atoms with Crippen molar-refractivity contribution in [2.45, 2.75) is 12.8 Å². The van der Waals surface area contributed by atoms with E-state index in [1.165, 1.54) is 35.2 Å². The van der Waals surface area contributed by atoms with Crippen molar-refractivity contribution in [1.82, 2.24) is 4.90 Å². The van der Waals surface area contributed by atoms with E-state index < -0.39 is 23.5 Å². The maximum absolute atomic E-state index is 13.9. The van der Waals surface area contributed by atoms with Crippen molar-refractivity contribution in [3.63, 3.8) is 0 Å². The van der Waals surface area contributed by atoms with Crippen LogP contribution in [0.5, 0.6) is 0 Å². The number of piperidine rings is 1. The quantitative estimate of drug-likeness (QED) is 0.804. The predicted octanol–water partition coefficient (Wildman–Crippen LogP) is 4.22. The number of nitrogens with one attached hydrogen (secondary N) is 1. The molecule has 1 heterocycles. The molecule has 0 aromatic heterocycles. The zero-order valence-corrected chi connectivity index (χ0v) is 15.4. The molecule has 1 fully saturated rings. The van der Waals surface area contributed by atoms with Gasteiger partial charge in [-0.2, -0.15) is 0 Å². The van der Waals surface area contributed by atoms with Gasteiger partial charge in [-0.1, -0.05) is 28.1 Å². The second kappa shape index (κ2) is 7.95. The summed E-state index contributed by atoms with van der Waals surface area (Å²) >= 11 is 3.16. The first-order chi connectivity index (χ1) is 12.5. The lowest BCUT2D eigenvalue weighted by Crippen LogP contribution is -2.44. The first kappa shape index (κ1) is 18.5. The van der Waals surface area contributed by atoms with Crippen LogP contribution in [0.2, 0.25) is 0 Å². The predicted molar refractivity (Wildman–Crippen MR) is 97.8 cm³/mol. The molecule has 0 unspecified atom stereocenters. The van der Waals surface area contributed by atoms with E-state index in [0.717, 1.165) is 0 Å². The van der Waals surface area contributed by atoms with E-state index >= 15 is 0 Å². The molecular weight excluding hydrogens is 406 g/mol. The van der Waals surface area contributed by atoms with Gasteiger partial charge in [-0.15, -0.1) is 0 Å². The van der Waals surface area contributed by atoms with Crippen molar-refractivity contribution in [2.75, 3.05) is 18.4 Å². The fourth-order valence-electron chi connectivity index (χ4n) is 3.01. The second-order valence-electron chi connectivity index (χ2n) is 6.18. The Balaban J connectivity index is 1.69. The Kier molecular flexibility index (Phi) is 5.66. The van der Waals surface area contributed by atoms with Gasteiger partial charge < -0.3 is 10.2 Å². The normalized spacial score (nSPS) is 17.0. The van der Waals surface area contributed by atoms with Gasteiger partial charge in [0.15, 0.2) is 0 Å². The molecule has 0 bridgehead atoms. The molecule has 0 saturated carbocycles. The topological polar surface area (TPSA) is 49.4 Å². The molecule has 2 amide bonds. The standard InChI is InChI=1S/C19H17BrF2N2O2/c20-13-7-8-17(16(22)10-13)23-18(25)12-4-3-9-24(11-12)19(26)14-5-1-2-6-15(14)21/h1-2,5-8,10,12H,3-4,9,11H2,(H,23,25)/t12-/m0/s1. The number of carbonyl (C=O) groups is 2. The third-order valence-corrected chi connectivity index (χ3v) is 4.87. The maximum Gasteiger partial charge on any atom is 0.256 e. The first-order valence-corrected chi connectivity index (χ1v) is 9.04. The molecule has 0 aliphatic carbocycles. The monoisotopic (exact) mass is 422 g/mol. The van der Waals surface area contributed by atoms with Crippen molar-refractivity contribution in [3.05, 3.63) is 64.1 Å². The number of benzene rings is 2.